The molecule has 0 aliphatic carbocycles. The summed E-state index contributed by atoms with van der Waals surface area (Å²) in [6.07, 6.45) is 5.83. The highest BCUT2D eigenvalue weighted by atomic mass is 16.5. The fraction of sp³-hybridized carbons (Fsp3) is 0.875. The smallest absolute Gasteiger partial charge is 0.310 e. The summed E-state index contributed by atoms with van der Waals surface area (Å²) in [5.74, 6) is -0.542. The van der Waals surface area contributed by atoms with E-state index in [0.29, 0.717) is 19.7 Å². The molecular formula is C16H29NO4. The van der Waals surface area contributed by atoms with Gasteiger partial charge in [-0.25, -0.2) is 0 Å². The van der Waals surface area contributed by atoms with Crippen LogP contribution in [0.25, 0.3) is 0 Å². The van der Waals surface area contributed by atoms with Crippen molar-refractivity contribution in [1.29, 1.82) is 0 Å². The zero-order valence-electron chi connectivity index (χ0n) is 13.6. The van der Waals surface area contributed by atoms with Crippen LogP contribution in [0.4, 0.5) is 0 Å². The number of carbonyl (C=O) groups is 2. The lowest BCUT2D eigenvalue weighted by Gasteiger charge is -2.27. The van der Waals surface area contributed by atoms with Crippen molar-refractivity contribution in [2.45, 2.75) is 58.5 Å². The monoisotopic (exact) mass is 299 g/mol. The molecule has 122 valence electrons. The fourth-order valence-corrected chi connectivity index (χ4v) is 2.60. The number of hydrogen-bond donors (Lipinski definition) is 0. The van der Waals surface area contributed by atoms with Crippen molar-refractivity contribution in [3.8, 4) is 0 Å². The summed E-state index contributed by atoms with van der Waals surface area (Å²) in [6.45, 7) is 5.73. The molecule has 0 saturated carbocycles. The Kier molecular flexibility index (Phi) is 8.35. The molecular weight excluding hydrogens is 270 g/mol. The Bertz CT molecular complexity index is 326. The van der Waals surface area contributed by atoms with Crippen LogP contribution < -0.4 is 0 Å². The maximum atomic E-state index is 12.5. The second-order valence-corrected chi connectivity index (χ2v) is 5.77. The molecule has 1 rings (SSSR count). The van der Waals surface area contributed by atoms with Crippen LogP contribution in [0.1, 0.15) is 52.4 Å². The molecule has 0 bridgehead atoms. The Morgan fingerprint density at radius 3 is 2.67 bits per heavy atom. The van der Waals surface area contributed by atoms with Crippen molar-refractivity contribution >= 4 is 11.9 Å². The number of carbonyl (C=O) groups excluding carboxylic acids is 2. The quantitative estimate of drug-likeness (QED) is 0.484. The van der Waals surface area contributed by atoms with Gasteiger partial charge in [-0.3, -0.25) is 9.59 Å². The van der Waals surface area contributed by atoms with Gasteiger partial charge >= 0.3 is 5.97 Å². The Morgan fingerprint density at radius 1 is 1.33 bits per heavy atom. The van der Waals surface area contributed by atoms with Crippen LogP contribution in [0.3, 0.4) is 0 Å². The lowest BCUT2D eigenvalue weighted by Crippen LogP contribution is -2.43. The van der Waals surface area contributed by atoms with Gasteiger partial charge in [0.05, 0.1) is 13.0 Å². The van der Waals surface area contributed by atoms with Gasteiger partial charge in [-0.15, -0.1) is 0 Å². The van der Waals surface area contributed by atoms with E-state index in [-0.39, 0.29) is 23.9 Å². The van der Waals surface area contributed by atoms with Crippen LogP contribution in [0, 0.1) is 5.92 Å². The highest BCUT2D eigenvalue weighted by molar-refractivity contribution is 5.82. The predicted molar refractivity (Wildman–Crippen MR) is 80.9 cm³/mol. The highest BCUT2D eigenvalue weighted by Gasteiger charge is 2.30. The van der Waals surface area contributed by atoms with Crippen molar-refractivity contribution < 1.29 is 19.1 Å². The molecule has 1 saturated heterocycles. The van der Waals surface area contributed by atoms with Crippen LogP contribution in [-0.2, 0) is 19.1 Å². The van der Waals surface area contributed by atoms with Gasteiger partial charge in [0.25, 0.3) is 5.91 Å². The van der Waals surface area contributed by atoms with Gasteiger partial charge in [-0.05, 0) is 19.3 Å². The minimum Gasteiger partial charge on any atom is -0.469 e. The van der Waals surface area contributed by atoms with Crippen molar-refractivity contribution in [1.82, 2.24) is 4.90 Å². The fourth-order valence-electron chi connectivity index (χ4n) is 2.60. The topological polar surface area (TPSA) is 55.8 Å². The highest BCUT2D eigenvalue weighted by Crippen LogP contribution is 2.17. The number of ether oxygens (including phenoxy) is 2. The first-order valence-corrected chi connectivity index (χ1v) is 8.08. The summed E-state index contributed by atoms with van der Waals surface area (Å²) in [5.41, 5.74) is 0. The number of amides is 1. The van der Waals surface area contributed by atoms with E-state index in [2.05, 4.69) is 6.92 Å². The van der Waals surface area contributed by atoms with Crippen LogP contribution in [0.2, 0.25) is 0 Å². The molecule has 0 aromatic carbocycles. The number of nitrogens with zero attached hydrogens (tertiary/aromatic N) is 1. The molecule has 0 radical (unpaired) electrons. The SMILES string of the molecule is CCCCCCN(CC(C)C(=O)OC)C(=O)C1CCCO1. The van der Waals surface area contributed by atoms with Crippen LogP contribution in [0.5, 0.6) is 0 Å². The summed E-state index contributed by atoms with van der Waals surface area (Å²) < 4.78 is 10.2. The summed E-state index contributed by atoms with van der Waals surface area (Å²) in [5, 5.41) is 0. The van der Waals surface area contributed by atoms with Crippen molar-refractivity contribution in [3.63, 3.8) is 0 Å². The van der Waals surface area contributed by atoms with Gasteiger partial charge in [0, 0.05) is 19.7 Å². The molecule has 5 heteroatoms. The minimum absolute atomic E-state index is 0.0275. The Balaban J connectivity index is 2.55. The van der Waals surface area contributed by atoms with Gasteiger partial charge in [-0.2, -0.15) is 0 Å². The van der Waals surface area contributed by atoms with E-state index in [1.807, 2.05) is 0 Å². The number of hydrogen-bond acceptors (Lipinski definition) is 4. The molecule has 1 aliphatic heterocycles. The van der Waals surface area contributed by atoms with Crippen LogP contribution in [0.15, 0.2) is 0 Å². The Morgan fingerprint density at radius 2 is 2.10 bits per heavy atom. The predicted octanol–water partition coefficient (Wildman–Crippen LogP) is 2.38. The number of esters is 1. The molecule has 5 nitrogen and oxygen atoms in total. The molecule has 1 fully saturated rings. The van der Waals surface area contributed by atoms with Gasteiger partial charge in [0.2, 0.25) is 0 Å². The van der Waals surface area contributed by atoms with E-state index < -0.39 is 0 Å². The van der Waals surface area contributed by atoms with E-state index in [4.69, 9.17) is 9.47 Å². The third kappa shape index (κ3) is 6.04. The maximum Gasteiger partial charge on any atom is 0.310 e. The average Bonchev–Trinajstić information content (AvgIpc) is 3.02. The van der Waals surface area contributed by atoms with Crippen molar-refractivity contribution in [2.75, 3.05) is 26.8 Å². The lowest BCUT2D eigenvalue weighted by molar-refractivity contribution is -0.148. The molecule has 0 aromatic rings. The zero-order chi connectivity index (χ0) is 15.7. The van der Waals surface area contributed by atoms with Crippen LogP contribution >= 0.6 is 0 Å². The normalized spacial score (nSPS) is 19.3. The lowest BCUT2D eigenvalue weighted by atomic mass is 10.1. The van der Waals surface area contributed by atoms with E-state index in [9.17, 15) is 9.59 Å². The van der Waals surface area contributed by atoms with Gasteiger partial charge < -0.3 is 14.4 Å². The second-order valence-electron chi connectivity index (χ2n) is 5.77. The van der Waals surface area contributed by atoms with Gasteiger partial charge in [0.15, 0.2) is 0 Å². The largest absolute Gasteiger partial charge is 0.469 e. The standard InChI is InChI=1S/C16H29NO4/c1-4-5-6-7-10-17(12-13(2)16(19)20-3)15(18)14-9-8-11-21-14/h13-14H,4-12H2,1-3H3. The number of rotatable bonds is 9. The third-order valence-corrected chi connectivity index (χ3v) is 3.90. The molecule has 1 amide bonds. The van der Waals surface area contributed by atoms with Crippen LogP contribution in [-0.4, -0.2) is 49.7 Å². The summed E-state index contributed by atoms with van der Waals surface area (Å²) >= 11 is 0. The van der Waals surface area contributed by atoms with E-state index in [0.717, 1.165) is 32.1 Å². The third-order valence-electron chi connectivity index (χ3n) is 3.90. The first-order chi connectivity index (χ1) is 10.1. The van der Waals surface area contributed by atoms with E-state index >= 15 is 0 Å². The Labute approximate surface area is 128 Å². The van der Waals surface area contributed by atoms with E-state index in [1.54, 1.807) is 11.8 Å². The number of methoxy groups -OCH3 is 1. The summed E-state index contributed by atoms with van der Waals surface area (Å²) in [6, 6.07) is 0. The molecule has 2 atom stereocenters. The maximum absolute atomic E-state index is 12.5. The molecule has 0 N–H and O–H groups in total. The number of unbranched alkanes of at least 4 members (excludes halogenated alkanes) is 3. The van der Waals surface area contributed by atoms with Crippen molar-refractivity contribution in [2.24, 2.45) is 5.92 Å². The first kappa shape index (κ1) is 18.0. The van der Waals surface area contributed by atoms with Gasteiger partial charge in [-0.1, -0.05) is 33.1 Å². The van der Waals surface area contributed by atoms with Gasteiger partial charge in [0.1, 0.15) is 6.10 Å². The first-order valence-electron chi connectivity index (χ1n) is 8.08. The molecule has 0 aromatic heterocycles. The Hall–Kier alpha value is -1.10. The average molecular weight is 299 g/mol. The molecule has 0 spiro atoms. The molecule has 1 heterocycles. The summed E-state index contributed by atoms with van der Waals surface area (Å²) in [7, 11) is 1.38. The molecule has 1 aliphatic rings. The molecule has 2 unspecified atom stereocenters. The zero-order valence-corrected chi connectivity index (χ0v) is 13.6. The second kappa shape index (κ2) is 9.77. The molecule has 21 heavy (non-hydrogen) atoms. The van der Waals surface area contributed by atoms with Crippen molar-refractivity contribution in [3.05, 3.63) is 0 Å². The summed E-state index contributed by atoms with van der Waals surface area (Å²) in [4.78, 5) is 25.9. The van der Waals surface area contributed by atoms with E-state index in [1.165, 1.54) is 13.5 Å². The minimum atomic E-state index is -0.318.